The van der Waals surface area contributed by atoms with E-state index in [0.29, 0.717) is 0 Å². The van der Waals surface area contributed by atoms with E-state index in [0.717, 1.165) is 12.8 Å². The van der Waals surface area contributed by atoms with Crippen molar-refractivity contribution in [3.8, 4) is 0 Å². The van der Waals surface area contributed by atoms with E-state index >= 15 is 0 Å². The summed E-state index contributed by atoms with van der Waals surface area (Å²) >= 11 is 0. The summed E-state index contributed by atoms with van der Waals surface area (Å²) in [7, 11) is 1.52. The monoisotopic (exact) mass is 176 g/mol. The maximum Gasteiger partial charge on any atom is 0.103 e. The molecule has 0 aromatic carbocycles. The van der Waals surface area contributed by atoms with Crippen molar-refractivity contribution in [2.75, 3.05) is 13.7 Å². The molecule has 0 rings (SSSR count). The lowest BCUT2D eigenvalue weighted by molar-refractivity contribution is -0.0535. The fourth-order valence-corrected chi connectivity index (χ4v) is 1.36. The first kappa shape index (κ1) is 11.9. The van der Waals surface area contributed by atoms with Gasteiger partial charge in [0.15, 0.2) is 0 Å². The van der Waals surface area contributed by atoms with Crippen molar-refractivity contribution in [3.63, 3.8) is 0 Å². The van der Waals surface area contributed by atoms with Gasteiger partial charge in [0.05, 0.1) is 12.7 Å². The van der Waals surface area contributed by atoms with Crippen LogP contribution in [0.1, 0.15) is 26.7 Å². The van der Waals surface area contributed by atoms with Crippen molar-refractivity contribution >= 4 is 0 Å². The molecular formula is C9H20O3. The van der Waals surface area contributed by atoms with Crippen molar-refractivity contribution in [1.82, 2.24) is 0 Å². The minimum atomic E-state index is -0.750. The third kappa shape index (κ3) is 3.52. The lowest BCUT2D eigenvalue weighted by atomic mass is 9.93. The Kier molecular flexibility index (Phi) is 6.34. The molecule has 0 fully saturated rings. The van der Waals surface area contributed by atoms with Crippen molar-refractivity contribution in [1.29, 1.82) is 0 Å². The number of hydrogen-bond donors (Lipinski definition) is 2. The Morgan fingerprint density at radius 1 is 1.17 bits per heavy atom. The highest BCUT2D eigenvalue weighted by Crippen LogP contribution is 2.15. The van der Waals surface area contributed by atoms with Gasteiger partial charge in [-0.15, -0.1) is 0 Å². The Labute approximate surface area is 74.4 Å². The SMILES string of the molecule is CCC(CC)C(O)C(O)COC. The smallest absolute Gasteiger partial charge is 0.103 e. The Morgan fingerprint density at radius 2 is 1.67 bits per heavy atom. The molecule has 2 atom stereocenters. The highest BCUT2D eigenvalue weighted by atomic mass is 16.5. The van der Waals surface area contributed by atoms with Crippen molar-refractivity contribution in [2.45, 2.75) is 38.9 Å². The van der Waals surface area contributed by atoms with Crippen molar-refractivity contribution in [2.24, 2.45) is 5.92 Å². The first-order valence-electron chi connectivity index (χ1n) is 4.52. The summed E-state index contributed by atoms with van der Waals surface area (Å²) in [5.41, 5.74) is 0. The molecule has 0 bridgehead atoms. The molecule has 12 heavy (non-hydrogen) atoms. The van der Waals surface area contributed by atoms with Gasteiger partial charge in [-0.25, -0.2) is 0 Å². The van der Waals surface area contributed by atoms with Gasteiger partial charge < -0.3 is 14.9 Å². The zero-order chi connectivity index (χ0) is 9.56. The molecule has 74 valence electrons. The van der Waals surface area contributed by atoms with E-state index in [2.05, 4.69) is 0 Å². The summed E-state index contributed by atoms with van der Waals surface area (Å²) in [6.07, 6.45) is 0.372. The number of rotatable bonds is 6. The van der Waals surface area contributed by atoms with E-state index in [1.807, 2.05) is 13.8 Å². The Balaban J connectivity index is 3.87. The predicted octanol–water partition coefficient (Wildman–Crippen LogP) is 0.791. The zero-order valence-electron chi connectivity index (χ0n) is 8.16. The number of methoxy groups -OCH3 is 1. The maximum absolute atomic E-state index is 9.58. The zero-order valence-corrected chi connectivity index (χ0v) is 8.16. The molecule has 0 spiro atoms. The molecule has 0 aromatic heterocycles. The van der Waals surface area contributed by atoms with Gasteiger partial charge in [-0.3, -0.25) is 0 Å². The van der Waals surface area contributed by atoms with Gasteiger partial charge in [0.1, 0.15) is 6.10 Å². The molecule has 0 saturated heterocycles. The fourth-order valence-electron chi connectivity index (χ4n) is 1.36. The molecular weight excluding hydrogens is 156 g/mol. The Morgan fingerprint density at radius 3 is 2.00 bits per heavy atom. The van der Waals surface area contributed by atoms with E-state index < -0.39 is 12.2 Å². The van der Waals surface area contributed by atoms with E-state index in [1.54, 1.807) is 0 Å². The van der Waals surface area contributed by atoms with Crippen molar-refractivity contribution in [3.05, 3.63) is 0 Å². The number of ether oxygens (including phenoxy) is 1. The van der Waals surface area contributed by atoms with Gasteiger partial charge >= 0.3 is 0 Å². The second-order valence-electron chi connectivity index (χ2n) is 3.09. The van der Waals surface area contributed by atoms with Gasteiger partial charge in [0.2, 0.25) is 0 Å². The average Bonchev–Trinajstić information content (AvgIpc) is 2.07. The first-order valence-corrected chi connectivity index (χ1v) is 4.52. The Hall–Kier alpha value is -0.120. The molecule has 0 radical (unpaired) electrons. The average molecular weight is 176 g/mol. The molecule has 3 nitrogen and oxygen atoms in total. The van der Waals surface area contributed by atoms with E-state index in [-0.39, 0.29) is 12.5 Å². The van der Waals surface area contributed by atoms with Crippen LogP contribution in [0.3, 0.4) is 0 Å². The van der Waals surface area contributed by atoms with Crippen molar-refractivity contribution < 1.29 is 14.9 Å². The third-order valence-corrected chi connectivity index (χ3v) is 2.26. The molecule has 0 aliphatic carbocycles. The summed E-state index contributed by atoms with van der Waals surface area (Å²) < 4.78 is 4.75. The van der Waals surface area contributed by atoms with Crippen LogP contribution in [0, 0.1) is 5.92 Å². The second-order valence-corrected chi connectivity index (χ2v) is 3.09. The summed E-state index contributed by atoms with van der Waals surface area (Å²) in [6, 6.07) is 0. The van der Waals surface area contributed by atoms with Crippen LogP contribution in [0.2, 0.25) is 0 Å². The minimum Gasteiger partial charge on any atom is -0.390 e. The molecule has 0 aliphatic heterocycles. The number of hydrogen-bond acceptors (Lipinski definition) is 3. The van der Waals surface area contributed by atoms with E-state index in [4.69, 9.17) is 4.74 Å². The Bertz CT molecular complexity index is 102. The molecule has 0 aliphatic rings. The van der Waals surface area contributed by atoms with Crippen LogP contribution in [0.15, 0.2) is 0 Å². The van der Waals surface area contributed by atoms with Gasteiger partial charge in [-0.1, -0.05) is 26.7 Å². The van der Waals surface area contributed by atoms with Gasteiger partial charge in [0.25, 0.3) is 0 Å². The highest BCUT2D eigenvalue weighted by Gasteiger charge is 2.23. The number of aliphatic hydroxyl groups excluding tert-OH is 2. The molecule has 0 amide bonds. The topological polar surface area (TPSA) is 49.7 Å². The van der Waals surface area contributed by atoms with Crippen LogP contribution in [0.5, 0.6) is 0 Å². The normalized spacial score (nSPS) is 16.5. The van der Waals surface area contributed by atoms with Crippen LogP contribution in [0.4, 0.5) is 0 Å². The van der Waals surface area contributed by atoms with Crippen LogP contribution in [0.25, 0.3) is 0 Å². The molecule has 2 N–H and O–H groups in total. The predicted molar refractivity (Wildman–Crippen MR) is 48.0 cm³/mol. The maximum atomic E-state index is 9.58. The summed E-state index contributed by atoms with van der Waals surface area (Å²) in [5, 5.41) is 19.0. The minimum absolute atomic E-state index is 0.176. The van der Waals surface area contributed by atoms with Crippen LogP contribution in [-0.4, -0.2) is 36.1 Å². The highest BCUT2D eigenvalue weighted by molar-refractivity contribution is 4.73. The van der Waals surface area contributed by atoms with Crippen LogP contribution in [-0.2, 0) is 4.74 Å². The molecule has 0 saturated carbocycles. The van der Waals surface area contributed by atoms with Crippen LogP contribution >= 0.6 is 0 Å². The fraction of sp³-hybridized carbons (Fsp3) is 1.00. The van der Waals surface area contributed by atoms with Gasteiger partial charge in [-0.2, -0.15) is 0 Å². The molecule has 3 heteroatoms. The standard InChI is InChI=1S/C9H20O3/c1-4-7(5-2)9(11)8(10)6-12-3/h7-11H,4-6H2,1-3H3. The summed E-state index contributed by atoms with van der Waals surface area (Å²) in [5.74, 6) is 0.176. The number of aliphatic hydroxyl groups is 2. The van der Waals surface area contributed by atoms with Crippen LogP contribution < -0.4 is 0 Å². The summed E-state index contributed by atoms with van der Waals surface area (Å²) in [6.45, 7) is 4.23. The lowest BCUT2D eigenvalue weighted by Gasteiger charge is -2.24. The molecule has 0 aromatic rings. The van der Waals surface area contributed by atoms with E-state index in [9.17, 15) is 10.2 Å². The summed E-state index contributed by atoms with van der Waals surface area (Å²) in [4.78, 5) is 0. The third-order valence-electron chi connectivity index (χ3n) is 2.26. The molecule has 0 heterocycles. The van der Waals surface area contributed by atoms with Gasteiger partial charge in [-0.05, 0) is 5.92 Å². The second kappa shape index (κ2) is 6.40. The van der Waals surface area contributed by atoms with E-state index in [1.165, 1.54) is 7.11 Å². The first-order chi connectivity index (χ1) is 5.67. The van der Waals surface area contributed by atoms with Gasteiger partial charge in [0, 0.05) is 7.11 Å². The quantitative estimate of drug-likeness (QED) is 0.629. The largest absolute Gasteiger partial charge is 0.390 e. The molecule has 2 unspecified atom stereocenters. The lowest BCUT2D eigenvalue weighted by Crippen LogP contribution is -2.36.